The number of rotatable bonds is 5. The van der Waals surface area contributed by atoms with Crippen molar-refractivity contribution in [1.29, 1.82) is 0 Å². The summed E-state index contributed by atoms with van der Waals surface area (Å²) in [6.45, 7) is 4.43. The molecule has 84 valence electrons. The van der Waals surface area contributed by atoms with E-state index in [0.717, 1.165) is 12.2 Å². The van der Waals surface area contributed by atoms with E-state index in [9.17, 15) is 9.59 Å². The number of hydrogen-bond acceptors (Lipinski definition) is 4. The van der Waals surface area contributed by atoms with Crippen molar-refractivity contribution in [2.24, 2.45) is 5.92 Å². The van der Waals surface area contributed by atoms with Gasteiger partial charge in [-0.15, -0.1) is 0 Å². The highest BCUT2D eigenvalue weighted by atomic mass is 16.6. The minimum Gasteiger partial charge on any atom is -0.478 e. The maximum atomic E-state index is 11.2. The van der Waals surface area contributed by atoms with Gasteiger partial charge in [-0.25, -0.2) is 9.59 Å². The van der Waals surface area contributed by atoms with Crippen LogP contribution in [0.25, 0.3) is 0 Å². The van der Waals surface area contributed by atoms with Crippen molar-refractivity contribution >= 4 is 11.9 Å². The Bertz CT molecular complexity index is 276. The van der Waals surface area contributed by atoms with Crippen molar-refractivity contribution < 1.29 is 24.2 Å². The third-order valence-corrected chi connectivity index (χ3v) is 2.00. The lowest BCUT2D eigenvalue weighted by Crippen LogP contribution is -2.28. The lowest BCUT2D eigenvalue weighted by Gasteiger charge is -2.18. The number of carboxylic acid groups (broad SMARTS) is 1. The molecule has 1 heterocycles. The van der Waals surface area contributed by atoms with Crippen LogP contribution in [0.1, 0.15) is 13.8 Å². The van der Waals surface area contributed by atoms with Crippen LogP contribution in [0.2, 0.25) is 0 Å². The summed E-state index contributed by atoms with van der Waals surface area (Å²) in [5.74, 6) is -1.66. The summed E-state index contributed by atoms with van der Waals surface area (Å²) in [5.41, 5.74) is 0. The molecule has 0 aromatic rings. The third-order valence-electron chi connectivity index (χ3n) is 2.00. The van der Waals surface area contributed by atoms with Crippen molar-refractivity contribution in [1.82, 2.24) is 0 Å². The van der Waals surface area contributed by atoms with Crippen LogP contribution in [0, 0.1) is 5.92 Å². The molecular weight excluding hydrogens is 200 g/mol. The molecule has 0 aromatic carbocycles. The molecule has 5 nitrogen and oxygen atoms in total. The highest BCUT2D eigenvalue weighted by Gasteiger charge is 2.37. The highest BCUT2D eigenvalue weighted by molar-refractivity contribution is 5.90. The normalized spacial score (nSPS) is 21.7. The van der Waals surface area contributed by atoms with E-state index in [1.807, 2.05) is 13.8 Å². The molecule has 1 saturated heterocycles. The van der Waals surface area contributed by atoms with Crippen LogP contribution < -0.4 is 0 Å². The molecule has 0 saturated carbocycles. The Morgan fingerprint density at radius 1 is 1.47 bits per heavy atom. The Balaban J connectivity index is 2.44. The molecule has 5 heteroatoms. The van der Waals surface area contributed by atoms with Crippen LogP contribution in [-0.4, -0.2) is 35.9 Å². The zero-order valence-electron chi connectivity index (χ0n) is 8.67. The number of carbonyl (C=O) groups is 2. The second kappa shape index (κ2) is 4.93. The van der Waals surface area contributed by atoms with Crippen LogP contribution in [0.15, 0.2) is 12.2 Å². The van der Waals surface area contributed by atoms with E-state index in [0.29, 0.717) is 6.61 Å². The lowest BCUT2D eigenvalue weighted by molar-refractivity contribution is -0.146. The molecule has 1 rings (SSSR count). The Hall–Kier alpha value is -1.36. The number of carboxylic acids is 1. The Morgan fingerprint density at radius 3 is 2.47 bits per heavy atom. The first-order valence-corrected chi connectivity index (χ1v) is 4.74. The summed E-state index contributed by atoms with van der Waals surface area (Å²) in [5, 5.41) is 8.31. The second-order valence-corrected chi connectivity index (χ2v) is 3.69. The van der Waals surface area contributed by atoms with Gasteiger partial charge < -0.3 is 14.6 Å². The third kappa shape index (κ3) is 4.12. The average Bonchev–Trinajstić information content (AvgIpc) is 2.93. The minimum absolute atomic E-state index is 0.0350. The number of hydrogen-bond donors (Lipinski definition) is 1. The predicted molar refractivity (Wildman–Crippen MR) is 51.2 cm³/mol. The Kier molecular flexibility index (Phi) is 3.85. The maximum Gasteiger partial charge on any atom is 0.331 e. The van der Waals surface area contributed by atoms with Gasteiger partial charge in [-0.3, -0.25) is 0 Å². The first-order chi connectivity index (χ1) is 7.00. The molecular formula is C10H14O5. The van der Waals surface area contributed by atoms with Gasteiger partial charge in [0, 0.05) is 12.2 Å². The number of epoxide rings is 1. The minimum atomic E-state index is -1.17. The zero-order chi connectivity index (χ0) is 11.4. The van der Waals surface area contributed by atoms with Crippen LogP contribution in [0.4, 0.5) is 0 Å². The quantitative estimate of drug-likeness (QED) is 0.412. The largest absolute Gasteiger partial charge is 0.478 e. The summed E-state index contributed by atoms with van der Waals surface area (Å²) in [7, 11) is 0. The first-order valence-electron chi connectivity index (χ1n) is 4.74. The van der Waals surface area contributed by atoms with Crippen molar-refractivity contribution in [2.75, 3.05) is 6.61 Å². The molecule has 1 fully saturated rings. The molecule has 1 aliphatic rings. The topological polar surface area (TPSA) is 76.1 Å². The fourth-order valence-corrected chi connectivity index (χ4v) is 1.20. The molecule has 0 amide bonds. The van der Waals surface area contributed by atoms with E-state index in [2.05, 4.69) is 0 Å². The van der Waals surface area contributed by atoms with E-state index < -0.39 is 11.9 Å². The van der Waals surface area contributed by atoms with E-state index in [4.69, 9.17) is 14.6 Å². The highest BCUT2D eigenvalue weighted by Crippen LogP contribution is 2.23. The van der Waals surface area contributed by atoms with Crippen molar-refractivity contribution in [3.8, 4) is 0 Å². The van der Waals surface area contributed by atoms with Gasteiger partial charge in [0.05, 0.1) is 6.61 Å². The van der Waals surface area contributed by atoms with E-state index in [1.54, 1.807) is 0 Å². The molecule has 0 aromatic heterocycles. The zero-order valence-corrected chi connectivity index (χ0v) is 8.67. The second-order valence-electron chi connectivity index (χ2n) is 3.69. The molecule has 2 atom stereocenters. The van der Waals surface area contributed by atoms with Crippen LogP contribution in [0.5, 0.6) is 0 Å². The number of carbonyl (C=O) groups excluding carboxylic acids is 1. The SMILES string of the molecule is CC(C)C(OC(=O)/C=C\C(=O)O)C1CO1. The fourth-order valence-electron chi connectivity index (χ4n) is 1.20. The molecule has 15 heavy (non-hydrogen) atoms. The first kappa shape index (κ1) is 11.7. The van der Waals surface area contributed by atoms with Gasteiger partial charge >= 0.3 is 11.9 Å². The molecule has 0 spiro atoms. The van der Waals surface area contributed by atoms with Gasteiger partial charge in [0.25, 0.3) is 0 Å². The molecule has 1 aliphatic heterocycles. The predicted octanol–water partition coefficient (Wildman–Crippen LogP) is 0.594. The molecule has 0 bridgehead atoms. The van der Waals surface area contributed by atoms with Crippen LogP contribution >= 0.6 is 0 Å². The Morgan fingerprint density at radius 2 is 2.07 bits per heavy atom. The smallest absolute Gasteiger partial charge is 0.331 e. The van der Waals surface area contributed by atoms with Gasteiger partial charge in [0.15, 0.2) is 0 Å². The van der Waals surface area contributed by atoms with Gasteiger partial charge in [-0.2, -0.15) is 0 Å². The number of esters is 1. The van der Waals surface area contributed by atoms with E-state index >= 15 is 0 Å². The van der Waals surface area contributed by atoms with Gasteiger partial charge in [-0.1, -0.05) is 13.8 Å². The van der Waals surface area contributed by atoms with Crippen molar-refractivity contribution in [3.63, 3.8) is 0 Å². The lowest BCUT2D eigenvalue weighted by atomic mass is 10.0. The van der Waals surface area contributed by atoms with E-state index in [-0.39, 0.29) is 18.1 Å². The summed E-state index contributed by atoms with van der Waals surface area (Å²) in [4.78, 5) is 21.3. The summed E-state index contributed by atoms with van der Waals surface area (Å²) in [6.07, 6.45) is 1.33. The number of ether oxygens (including phenoxy) is 2. The fraction of sp³-hybridized carbons (Fsp3) is 0.600. The standard InChI is InChI=1S/C10H14O5/c1-6(2)10(7-5-14-7)15-9(13)4-3-8(11)12/h3-4,6-7,10H,5H2,1-2H3,(H,11,12)/b4-3-. The van der Waals surface area contributed by atoms with Crippen LogP contribution in [-0.2, 0) is 19.1 Å². The molecule has 0 radical (unpaired) electrons. The maximum absolute atomic E-state index is 11.2. The van der Waals surface area contributed by atoms with E-state index in [1.165, 1.54) is 0 Å². The Labute approximate surface area is 87.7 Å². The summed E-state index contributed by atoms with van der Waals surface area (Å²) in [6, 6.07) is 0. The van der Waals surface area contributed by atoms with Gasteiger partial charge in [0.1, 0.15) is 12.2 Å². The van der Waals surface area contributed by atoms with Crippen molar-refractivity contribution in [3.05, 3.63) is 12.2 Å². The molecule has 1 N–H and O–H groups in total. The summed E-state index contributed by atoms with van der Waals surface area (Å²) >= 11 is 0. The summed E-state index contributed by atoms with van der Waals surface area (Å²) < 4.78 is 10.1. The van der Waals surface area contributed by atoms with Gasteiger partial charge in [-0.05, 0) is 5.92 Å². The average molecular weight is 214 g/mol. The molecule has 0 aliphatic carbocycles. The molecule has 2 unspecified atom stereocenters. The number of aliphatic carboxylic acids is 1. The van der Waals surface area contributed by atoms with Crippen LogP contribution in [0.3, 0.4) is 0 Å². The monoisotopic (exact) mass is 214 g/mol. The van der Waals surface area contributed by atoms with Crippen molar-refractivity contribution in [2.45, 2.75) is 26.1 Å². The van der Waals surface area contributed by atoms with Gasteiger partial charge in [0.2, 0.25) is 0 Å².